The number of benzene rings is 1. The molecule has 1 aliphatic carbocycles. The molecule has 31 heavy (non-hydrogen) atoms. The van der Waals surface area contributed by atoms with E-state index in [0.717, 1.165) is 26.1 Å². The van der Waals surface area contributed by atoms with E-state index < -0.39 is 17.9 Å². The van der Waals surface area contributed by atoms with Crippen molar-refractivity contribution in [2.45, 2.75) is 46.6 Å². The Hall–Kier alpha value is -2.08. The fraction of sp³-hybridized carbons (Fsp3) is 0.680. The molecule has 2 heterocycles. The average Bonchev–Trinajstić information content (AvgIpc) is 3.40. The number of aliphatic carboxylic acids is 1. The average molecular weight is 428 g/mol. The Balaban J connectivity index is 1.44. The Bertz CT molecular complexity index is 856. The zero-order valence-electron chi connectivity index (χ0n) is 19.6. The zero-order valence-corrected chi connectivity index (χ0v) is 19.6. The SMILES string of the molecule is Cc1cccc(N2CCN(C(=O)[C@@H]3[C@@H](C(=O)O)CC4(CC4C(C)(C)C)CN3C)CC2)c1. The quantitative estimate of drug-likeness (QED) is 0.803. The third-order valence-corrected chi connectivity index (χ3v) is 7.81. The summed E-state index contributed by atoms with van der Waals surface area (Å²) in [6.07, 6.45) is 1.69. The van der Waals surface area contributed by atoms with Gasteiger partial charge in [0.15, 0.2) is 0 Å². The van der Waals surface area contributed by atoms with Gasteiger partial charge in [-0.2, -0.15) is 0 Å². The number of carboxylic acid groups (broad SMARTS) is 1. The Morgan fingerprint density at radius 1 is 1.10 bits per heavy atom. The van der Waals surface area contributed by atoms with Crippen molar-refractivity contribution in [3.05, 3.63) is 29.8 Å². The van der Waals surface area contributed by atoms with Gasteiger partial charge in [-0.3, -0.25) is 14.5 Å². The fourth-order valence-electron chi connectivity index (χ4n) is 6.27. The number of likely N-dealkylation sites (tertiary alicyclic amines) is 1. The molecule has 3 aliphatic rings. The van der Waals surface area contributed by atoms with Gasteiger partial charge in [-0.1, -0.05) is 32.9 Å². The van der Waals surface area contributed by atoms with Crippen molar-refractivity contribution >= 4 is 17.6 Å². The van der Waals surface area contributed by atoms with Gasteiger partial charge < -0.3 is 14.9 Å². The highest BCUT2D eigenvalue weighted by molar-refractivity contribution is 5.88. The molecule has 170 valence electrons. The van der Waals surface area contributed by atoms with Gasteiger partial charge in [-0.25, -0.2) is 0 Å². The van der Waals surface area contributed by atoms with Crippen molar-refractivity contribution in [3.63, 3.8) is 0 Å². The Labute approximate surface area is 186 Å². The van der Waals surface area contributed by atoms with Crippen LogP contribution in [0.2, 0.25) is 0 Å². The number of hydrogen-bond donors (Lipinski definition) is 1. The second-order valence-electron chi connectivity index (χ2n) is 11.1. The van der Waals surface area contributed by atoms with Crippen molar-refractivity contribution in [2.75, 3.05) is 44.7 Å². The van der Waals surface area contributed by atoms with Crippen molar-refractivity contribution in [1.29, 1.82) is 0 Å². The van der Waals surface area contributed by atoms with Crippen LogP contribution >= 0.6 is 0 Å². The fourth-order valence-corrected chi connectivity index (χ4v) is 6.27. The first-order valence-corrected chi connectivity index (χ1v) is 11.6. The lowest BCUT2D eigenvalue weighted by atomic mass is 9.75. The molecule has 1 aromatic carbocycles. The molecule has 1 spiro atoms. The van der Waals surface area contributed by atoms with Crippen LogP contribution in [-0.2, 0) is 9.59 Å². The number of anilines is 1. The third-order valence-electron chi connectivity index (χ3n) is 7.81. The van der Waals surface area contributed by atoms with Gasteiger partial charge >= 0.3 is 5.97 Å². The van der Waals surface area contributed by atoms with Crippen LogP contribution in [0.3, 0.4) is 0 Å². The van der Waals surface area contributed by atoms with Crippen LogP contribution in [0, 0.1) is 29.6 Å². The minimum atomic E-state index is -0.831. The summed E-state index contributed by atoms with van der Waals surface area (Å²) in [6, 6.07) is 7.88. The van der Waals surface area contributed by atoms with E-state index >= 15 is 0 Å². The maximum absolute atomic E-state index is 13.5. The molecule has 0 radical (unpaired) electrons. The molecule has 4 rings (SSSR count). The lowest BCUT2D eigenvalue weighted by Crippen LogP contribution is -2.60. The third kappa shape index (κ3) is 4.19. The van der Waals surface area contributed by atoms with Gasteiger partial charge in [0.05, 0.1) is 5.92 Å². The number of carboxylic acids is 1. The Morgan fingerprint density at radius 2 is 1.77 bits per heavy atom. The van der Waals surface area contributed by atoms with Gasteiger partial charge in [0.1, 0.15) is 6.04 Å². The van der Waals surface area contributed by atoms with E-state index in [0.29, 0.717) is 25.4 Å². The normalized spacial score (nSPS) is 31.7. The van der Waals surface area contributed by atoms with Gasteiger partial charge in [-0.15, -0.1) is 0 Å². The topological polar surface area (TPSA) is 64.1 Å². The summed E-state index contributed by atoms with van der Waals surface area (Å²) in [4.78, 5) is 32.0. The molecule has 2 unspecified atom stereocenters. The number of amides is 1. The lowest BCUT2D eigenvalue weighted by Gasteiger charge is -2.45. The van der Waals surface area contributed by atoms with Crippen LogP contribution in [0.1, 0.15) is 39.2 Å². The summed E-state index contributed by atoms with van der Waals surface area (Å²) in [5.74, 6) is -0.949. The van der Waals surface area contributed by atoms with E-state index in [1.165, 1.54) is 11.3 Å². The summed E-state index contributed by atoms with van der Waals surface area (Å²) in [7, 11) is 1.94. The molecule has 2 saturated heterocycles. The van der Waals surface area contributed by atoms with Crippen LogP contribution < -0.4 is 4.90 Å². The molecule has 1 N–H and O–H groups in total. The summed E-state index contributed by atoms with van der Waals surface area (Å²) in [5.41, 5.74) is 2.64. The number of piperazine rings is 1. The predicted molar refractivity (Wildman–Crippen MR) is 122 cm³/mol. The maximum Gasteiger partial charge on any atom is 0.308 e. The minimum absolute atomic E-state index is 0.0124. The van der Waals surface area contributed by atoms with Gasteiger partial charge in [-0.05, 0) is 61.3 Å². The van der Waals surface area contributed by atoms with E-state index in [1.807, 2.05) is 16.8 Å². The number of nitrogens with zero attached hydrogens (tertiary/aromatic N) is 3. The van der Waals surface area contributed by atoms with Crippen molar-refractivity contribution in [3.8, 4) is 0 Å². The van der Waals surface area contributed by atoms with Crippen LogP contribution in [0.4, 0.5) is 5.69 Å². The van der Waals surface area contributed by atoms with Crippen LogP contribution in [0.15, 0.2) is 24.3 Å². The smallest absolute Gasteiger partial charge is 0.308 e. The molecule has 2 aliphatic heterocycles. The maximum atomic E-state index is 13.5. The highest BCUT2D eigenvalue weighted by Gasteiger charge is 2.64. The molecule has 6 heteroatoms. The number of carbonyl (C=O) groups excluding carboxylic acids is 1. The zero-order chi connectivity index (χ0) is 22.6. The Kier molecular flexibility index (Phi) is 5.57. The number of aryl methyl sites for hydroxylation is 1. The van der Waals surface area contributed by atoms with E-state index in [-0.39, 0.29) is 16.7 Å². The Morgan fingerprint density at radius 3 is 2.32 bits per heavy atom. The summed E-state index contributed by atoms with van der Waals surface area (Å²) < 4.78 is 0. The lowest BCUT2D eigenvalue weighted by molar-refractivity contribution is -0.156. The second kappa shape index (κ2) is 7.80. The predicted octanol–water partition coefficient (Wildman–Crippen LogP) is 3.10. The molecule has 1 amide bonds. The molecule has 1 saturated carbocycles. The monoisotopic (exact) mass is 427 g/mol. The molecular weight excluding hydrogens is 390 g/mol. The molecule has 1 aromatic rings. The van der Waals surface area contributed by atoms with Gasteiger partial charge in [0.25, 0.3) is 0 Å². The standard InChI is InChI=1S/C25H37N3O3/c1-17-7-6-8-18(13-17)27-9-11-28(12-10-27)22(29)21-19(23(30)31)14-25(16-26(21)5)15-20(25)24(2,3)4/h6-8,13,19-21H,9-12,14-16H2,1-5H3,(H,30,31)/t19-,20?,21-,25?/m0/s1. The van der Waals surface area contributed by atoms with E-state index in [9.17, 15) is 14.7 Å². The van der Waals surface area contributed by atoms with E-state index in [1.54, 1.807) is 0 Å². The number of piperidine rings is 1. The van der Waals surface area contributed by atoms with Crippen LogP contribution in [0.5, 0.6) is 0 Å². The minimum Gasteiger partial charge on any atom is -0.481 e. The number of carbonyl (C=O) groups is 2. The second-order valence-corrected chi connectivity index (χ2v) is 11.1. The highest BCUT2D eigenvalue weighted by atomic mass is 16.4. The number of likely N-dealkylation sites (N-methyl/N-ethyl adjacent to an activating group) is 1. The van der Waals surface area contributed by atoms with Gasteiger partial charge in [0, 0.05) is 38.4 Å². The number of rotatable bonds is 3. The first-order valence-electron chi connectivity index (χ1n) is 11.6. The summed E-state index contributed by atoms with van der Waals surface area (Å²) >= 11 is 0. The number of hydrogen-bond acceptors (Lipinski definition) is 4. The first-order chi connectivity index (χ1) is 14.5. The van der Waals surface area contributed by atoms with Crippen molar-refractivity contribution in [1.82, 2.24) is 9.80 Å². The van der Waals surface area contributed by atoms with E-state index in [4.69, 9.17) is 0 Å². The van der Waals surface area contributed by atoms with E-state index in [2.05, 4.69) is 56.9 Å². The molecule has 6 nitrogen and oxygen atoms in total. The van der Waals surface area contributed by atoms with Crippen LogP contribution in [0.25, 0.3) is 0 Å². The molecular formula is C25H37N3O3. The molecule has 4 atom stereocenters. The molecule has 0 bridgehead atoms. The molecule has 0 aromatic heterocycles. The summed E-state index contributed by atoms with van der Waals surface area (Å²) in [6.45, 7) is 12.5. The highest BCUT2D eigenvalue weighted by Crippen LogP contribution is 2.66. The van der Waals surface area contributed by atoms with Crippen molar-refractivity contribution in [2.24, 2.45) is 22.7 Å². The summed E-state index contributed by atoms with van der Waals surface area (Å²) in [5, 5.41) is 10.0. The van der Waals surface area contributed by atoms with Crippen molar-refractivity contribution < 1.29 is 14.7 Å². The van der Waals surface area contributed by atoms with Gasteiger partial charge in [0.2, 0.25) is 5.91 Å². The largest absolute Gasteiger partial charge is 0.481 e. The van der Waals surface area contributed by atoms with Crippen LogP contribution in [-0.4, -0.2) is 72.6 Å². The molecule has 3 fully saturated rings. The first kappa shape index (κ1) is 22.1.